The van der Waals surface area contributed by atoms with Gasteiger partial charge in [0.2, 0.25) is 0 Å². The Bertz CT molecular complexity index is 525. The van der Waals surface area contributed by atoms with Crippen molar-refractivity contribution < 1.29 is 4.74 Å². The molecule has 3 rings (SSSR count). The monoisotopic (exact) mass is 256 g/mol. The molecule has 3 N–H and O–H groups in total. The molecule has 0 radical (unpaired) electrons. The van der Waals surface area contributed by atoms with Crippen molar-refractivity contribution in [2.24, 2.45) is 5.84 Å². The lowest BCUT2D eigenvalue weighted by Crippen LogP contribution is -2.30. The smallest absolute Gasteiger partial charge is 0.150 e. The Labute approximate surface area is 111 Å². The Morgan fingerprint density at radius 3 is 2.42 bits per heavy atom. The molecule has 1 aliphatic carbocycles. The molecule has 19 heavy (non-hydrogen) atoms. The van der Waals surface area contributed by atoms with Crippen LogP contribution < -0.4 is 16.0 Å². The summed E-state index contributed by atoms with van der Waals surface area (Å²) in [6.45, 7) is 0. The van der Waals surface area contributed by atoms with Crippen molar-refractivity contribution in [2.45, 2.75) is 25.0 Å². The topological polar surface area (TPSA) is 73.1 Å². The van der Waals surface area contributed by atoms with Gasteiger partial charge < -0.3 is 4.74 Å². The van der Waals surface area contributed by atoms with Gasteiger partial charge in [0.25, 0.3) is 0 Å². The average Bonchev–Trinajstić information content (AvgIpc) is 3.27. The normalized spacial score (nSPS) is 16.1. The maximum atomic E-state index is 5.72. The molecule has 0 bridgehead atoms. The van der Waals surface area contributed by atoms with Crippen LogP contribution in [0.1, 0.15) is 30.3 Å². The second-order valence-corrected chi connectivity index (χ2v) is 4.59. The van der Waals surface area contributed by atoms with Gasteiger partial charge in [0.1, 0.15) is 11.8 Å². The molecule has 5 nitrogen and oxygen atoms in total. The third-order valence-corrected chi connectivity index (χ3v) is 3.05. The van der Waals surface area contributed by atoms with Crippen LogP contribution in [0.2, 0.25) is 0 Å². The number of nitrogens with zero attached hydrogens (tertiary/aromatic N) is 2. The molecule has 1 aliphatic rings. The molecule has 1 unspecified atom stereocenters. The first kappa shape index (κ1) is 12.1. The first-order chi connectivity index (χ1) is 9.36. The number of nitrogens with two attached hydrogens (primary N) is 1. The van der Waals surface area contributed by atoms with Crippen LogP contribution in [-0.2, 0) is 0 Å². The minimum absolute atomic E-state index is 0.212. The van der Waals surface area contributed by atoms with Crippen LogP contribution in [0.3, 0.4) is 0 Å². The maximum Gasteiger partial charge on any atom is 0.150 e. The molecule has 0 amide bonds. The molecule has 0 spiro atoms. The zero-order valence-corrected chi connectivity index (χ0v) is 10.5. The van der Waals surface area contributed by atoms with E-state index in [4.69, 9.17) is 10.6 Å². The van der Waals surface area contributed by atoms with Crippen molar-refractivity contribution in [2.75, 3.05) is 0 Å². The lowest BCUT2D eigenvalue weighted by Gasteiger charge is -2.15. The van der Waals surface area contributed by atoms with Crippen molar-refractivity contribution in [1.29, 1.82) is 0 Å². The molecule has 1 aromatic heterocycles. The summed E-state index contributed by atoms with van der Waals surface area (Å²) in [5, 5.41) is 0. The summed E-state index contributed by atoms with van der Waals surface area (Å²) in [6.07, 6.45) is 6.14. The van der Waals surface area contributed by atoms with Crippen LogP contribution in [0.25, 0.3) is 0 Å². The van der Waals surface area contributed by atoms with Crippen molar-refractivity contribution >= 4 is 0 Å². The van der Waals surface area contributed by atoms with Crippen LogP contribution >= 0.6 is 0 Å². The van der Waals surface area contributed by atoms with Crippen LogP contribution in [0.5, 0.6) is 5.75 Å². The van der Waals surface area contributed by atoms with Crippen molar-refractivity contribution in [1.82, 2.24) is 15.4 Å². The van der Waals surface area contributed by atoms with Crippen LogP contribution in [0, 0.1) is 0 Å². The molecule has 1 atom stereocenters. The van der Waals surface area contributed by atoms with Gasteiger partial charge in [0.15, 0.2) is 5.82 Å². The van der Waals surface area contributed by atoms with E-state index >= 15 is 0 Å². The maximum absolute atomic E-state index is 5.72. The third-order valence-electron chi connectivity index (χ3n) is 3.05. The molecule has 1 fully saturated rings. The highest BCUT2D eigenvalue weighted by molar-refractivity contribution is 5.32. The number of hydrazine groups is 1. The largest absolute Gasteiger partial charge is 0.490 e. The van der Waals surface area contributed by atoms with Gasteiger partial charge >= 0.3 is 0 Å². The summed E-state index contributed by atoms with van der Waals surface area (Å²) in [5.41, 5.74) is 3.75. The van der Waals surface area contributed by atoms with Gasteiger partial charge in [-0.3, -0.25) is 5.84 Å². The molecule has 1 saturated carbocycles. The Kier molecular flexibility index (Phi) is 3.39. The number of aromatic nitrogens is 2. The minimum Gasteiger partial charge on any atom is -0.490 e. The quantitative estimate of drug-likeness (QED) is 0.627. The lowest BCUT2D eigenvalue weighted by molar-refractivity contribution is 0.303. The fourth-order valence-electron chi connectivity index (χ4n) is 1.90. The van der Waals surface area contributed by atoms with Crippen LogP contribution in [-0.4, -0.2) is 16.1 Å². The number of hydrogen-bond donors (Lipinski definition) is 2. The molecule has 0 saturated heterocycles. The van der Waals surface area contributed by atoms with E-state index in [-0.39, 0.29) is 6.04 Å². The van der Waals surface area contributed by atoms with Gasteiger partial charge in [0.05, 0.1) is 6.10 Å². The molecular weight excluding hydrogens is 240 g/mol. The number of ether oxygens (including phenoxy) is 1. The fraction of sp³-hybridized carbons (Fsp3) is 0.286. The molecule has 1 aromatic carbocycles. The zero-order chi connectivity index (χ0) is 13.1. The minimum atomic E-state index is -0.212. The number of rotatable bonds is 5. The molecule has 5 heteroatoms. The SMILES string of the molecule is NNC(c1ccc(OC2CC2)cc1)c1ncccn1. The van der Waals surface area contributed by atoms with Crippen molar-refractivity contribution in [3.8, 4) is 5.75 Å². The number of benzene rings is 1. The van der Waals surface area contributed by atoms with E-state index in [1.54, 1.807) is 18.5 Å². The van der Waals surface area contributed by atoms with Crippen LogP contribution in [0.4, 0.5) is 0 Å². The van der Waals surface area contributed by atoms with Gasteiger partial charge in [-0.25, -0.2) is 15.4 Å². The Hall–Kier alpha value is -1.98. The average molecular weight is 256 g/mol. The summed E-state index contributed by atoms with van der Waals surface area (Å²) in [7, 11) is 0. The summed E-state index contributed by atoms with van der Waals surface area (Å²) < 4.78 is 5.72. The first-order valence-electron chi connectivity index (χ1n) is 6.36. The third kappa shape index (κ3) is 2.89. The highest BCUT2D eigenvalue weighted by Gasteiger charge is 2.23. The Morgan fingerprint density at radius 1 is 1.16 bits per heavy atom. The summed E-state index contributed by atoms with van der Waals surface area (Å²) >= 11 is 0. The number of nitrogens with one attached hydrogen (secondary N) is 1. The summed E-state index contributed by atoms with van der Waals surface area (Å²) in [6, 6.07) is 9.46. The van der Waals surface area contributed by atoms with Gasteiger partial charge in [-0.1, -0.05) is 12.1 Å². The summed E-state index contributed by atoms with van der Waals surface area (Å²) in [4.78, 5) is 8.44. The highest BCUT2D eigenvalue weighted by atomic mass is 16.5. The predicted molar refractivity (Wildman–Crippen MR) is 71.3 cm³/mol. The van der Waals surface area contributed by atoms with E-state index in [1.165, 1.54) is 0 Å². The molecular formula is C14H16N4O. The second kappa shape index (κ2) is 5.34. The predicted octanol–water partition coefficient (Wildman–Crippen LogP) is 1.57. The van der Waals surface area contributed by atoms with E-state index < -0.39 is 0 Å². The fourth-order valence-corrected chi connectivity index (χ4v) is 1.90. The molecule has 1 heterocycles. The standard InChI is InChI=1S/C14H16N4O/c15-18-13(14-16-8-1-9-17-14)10-2-4-11(5-3-10)19-12-6-7-12/h1-5,8-9,12-13,18H,6-7,15H2. The Morgan fingerprint density at radius 2 is 1.84 bits per heavy atom. The van der Waals surface area contributed by atoms with Gasteiger partial charge in [-0.15, -0.1) is 0 Å². The molecule has 0 aliphatic heterocycles. The van der Waals surface area contributed by atoms with E-state index in [1.807, 2.05) is 24.3 Å². The second-order valence-electron chi connectivity index (χ2n) is 4.59. The highest BCUT2D eigenvalue weighted by Crippen LogP contribution is 2.28. The van der Waals surface area contributed by atoms with E-state index in [9.17, 15) is 0 Å². The Balaban J connectivity index is 1.79. The van der Waals surface area contributed by atoms with Gasteiger partial charge in [0, 0.05) is 12.4 Å². The lowest BCUT2D eigenvalue weighted by atomic mass is 10.1. The summed E-state index contributed by atoms with van der Waals surface area (Å²) in [5.74, 6) is 7.16. The zero-order valence-electron chi connectivity index (χ0n) is 10.5. The van der Waals surface area contributed by atoms with Crippen molar-refractivity contribution in [3.05, 3.63) is 54.1 Å². The van der Waals surface area contributed by atoms with Gasteiger partial charge in [-0.2, -0.15) is 0 Å². The van der Waals surface area contributed by atoms with E-state index in [2.05, 4.69) is 15.4 Å². The van der Waals surface area contributed by atoms with Gasteiger partial charge in [-0.05, 0) is 36.6 Å². The number of hydrogen-bond acceptors (Lipinski definition) is 5. The van der Waals surface area contributed by atoms with Crippen molar-refractivity contribution in [3.63, 3.8) is 0 Å². The van der Waals surface area contributed by atoms with E-state index in [0.29, 0.717) is 11.9 Å². The van der Waals surface area contributed by atoms with E-state index in [0.717, 1.165) is 24.2 Å². The molecule has 2 aromatic rings. The first-order valence-corrected chi connectivity index (χ1v) is 6.36. The van der Waals surface area contributed by atoms with Crippen LogP contribution in [0.15, 0.2) is 42.7 Å². The molecule has 98 valence electrons.